The Bertz CT molecular complexity index is 1330. The molecule has 208 valence electrons. The maximum Gasteiger partial charge on any atom is 0.328 e. The van der Waals surface area contributed by atoms with Crippen LogP contribution in [0.5, 0.6) is 11.8 Å². The van der Waals surface area contributed by atoms with Crippen LogP contribution in [-0.2, 0) is 16.0 Å². The van der Waals surface area contributed by atoms with Gasteiger partial charge in [-0.15, -0.1) is 0 Å². The van der Waals surface area contributed by atoms with Crippen LogP contribution >= 0.6 is 0 Å². The van der Waals surface area contributed by atoms with Crippen molar-refractivity contribution in [2.45, 2.75) is 6.54 Å². The molecule has 0 unspecified atom stereocenters. The van der Waals surface area contributed by atoms with Gasteiger partial charge in [-0.1, -0.05) is 54.6 Å². The van der Waals surface area contributed by atoms with Crippen molar-refractivity contribution < 1.29 is 23.4 Å². The van der Waals surface area contributed by atoms with E-state index in [9.17, 15) is 9.18 Å². The van der Waals surface area contributed by atoms with Gasteiger partial charge in [0, 0.05) is 30.8 Å². The monoisotopic (exact) mass is 546 g/mol. The van der Waals surface area contributed by atoms with E-state index in [2.05, 4.69) is 30.9 Å². The molecular weight excluding hydrogens is 515 g/mol. The van der Waals surface area contributed by atoms with Crippen molar-refractivity contribution in [1.29, 1.82) is 0 Å². The fourth-order valence-corrected chi connectivity index (χ4v) is 3.46. The summed E-state index contributed by atoms with van der Waals surface area (Å²) in [6.07, 6.45) is 0. The minimum atomic E-state index is -0.318. The highest BCUT2D eigenvalue weighted by Crippen LogP contribution is 2.20. The number of hydrogen-bond acceptors (Lipinski definition) is 9. The summed E-state index contributed by atoms with van der Waals surface area (Å²) in [6, 6.07) is 24.7. The molecule has 0 fully saturated rings. The Morgan fingerprint density at radius 2 is 1.32 bits per heavy atom. The number of aromatic nitrogens is 3. The number of halogens is 1. The largest absolute Gasteiger partial charge is 0.424 e. The highest BCUT2D eigenvalue weighted by Gasteiger charge is 2.10. The molecule has 1 aromatic heterocycles. The number of benzene rings is 3. The maximum absolute atomic E-state index is 14.0. The van der Waals surface area contributed by atoms with Crippen molar-refractivity contribution in [3.63, 3.8) is 0 Å². The average molecular weight is 547 g/mol. The van der Waals surface area contributed by atoms with E-state index >= 15 is 0 Å². The summed E-state index contributed by atoms with van der Waals surface area (Å²) in [5.41, 5.74) is 1.10. The second-order valence-electron chi connectivity index (χ2n) is 8.40. The predicted molar refractivity (Wildman–Crippen MR) is 149 cm³/mol. The lowest BCUT2D eigenvalue weighted by Crippen LogP contribution is -2.27. The van der Waals surface area contributed by atoms with Crippen LogP contribution in [0.15, 0.2) is 84.9 Å². The van der Waals surface area contributed by atoms with Gasteiger partial charge < -0.3 is 30.2 Å². The first-order valence-electron chi connectivity index (χ1n) is 12.9. The molecule has 1 amide bonds. The molecule has 3 N–H and O–H groups in total. The third-order valence-corrected chi connectivity index (χ3v) is 5.43. The Hall–Kier alpha value is -4.61. The number of carbonyl (C=O) groups is 1. The molecule has 0 aliphatic rings. The zero-order valence-electron chi connectivity index (χ0n) is 21.9. The van der Waals surface area contributed by atoms with Gasteiger partial charge in [0.1, 0.15) is 11.6 Å². The molecule has 1 heterocycles. The Morgan fingerprint density at radius 3 is 2.05 bits per heavy atom. The molecule has 0 radical (unpaired) electrons. The summed E-state index contributed by atoms with van der Waals surface area (Å²) in [4.78, 5) is 25.0. The molecule has 4 rings (SSSR count). The van der Waals surface area contributed by atoms with Gasteiger partial charge in [-0.2, -0.15) is 15.0 Å². The van der Waals surface area contributed by atoms with Crippen molar-refractivity contribution in [3.05, 3.63) is 102 Å². The number of carbonyl (C=O) groups excluding carboxylic acids is 1. The van der Waals surface area contributed by atoms with Crippen LogP contribution < -0.4 is 20.7 Å². The van der Waals surface area contributed by atoms with Gasteiger partial charge in [0.15, 0.2) is 0 Å². The van der Waals surface area contributed by atoms with Crippen LogP contribution in [0.2, 0.25) is 0 Å². The number of nitrogens with zero attached hydrogens (tertiary/aromatic N) is 3. The van der Waals surface area contributed by atoms with Gasteiger partial charge in [-0.25, -0.2) is 4.39 Å². The standard InChI is InChI=1S/C29H31FN6O4/c30-25-14-8-7-11-23(25)21-33-28-34-27(35-29(36-28)40-24-12-5-2-6-13-24)32-16-18-39-20-19-38-17-15-31-26(37)22-9-3-1-4-10-22/h1-14H,15-21H2,(H,31,37)(H2,32,33,34,35,36). The van der Waals surface area contributed by atoms with Crippen molar-refractivity contribution in [2.24, 2.45) is 0 Å². The molecule has 3 aromatic carbocycles. The van der Waals surface area contributed by atoms with Crippen molar-refractivity contribution >= 4 is 17.8 Å². The van der Waals surface area contributed by atoms with Crippen LogP contribution in [-0.4, -0.2) is 60.4 Å². The van der Waals surface area contributed by atoms with Gasteiger partial charge in [-0.05, 0) is 30.3 Å². The summed E-state index contributed by atoms with van der Waals surface area (Å²) >= 11 is 0. The molecule has 4 aromatic rings. The molecule has 0 bridgehead atoms. The Balaban J connectivity index is 1.18. The fourth-order valence-electron chi connectivity index (χ4n) is 3.46. The number of amides is 1. The quantitative estimate of drug-likeness (QED) is 0.177. The normalized spacial score (nSPS) is 10.6. The first-order chi connectivity index (χ1) is 19.7. The molecule has 10 nitrogen and oxygen atoms in total. The molecule has 11 heteroatoms. The smallest absolute Gasteiger partial charge is 0.328 e. The lowest BCUT2D eigenvalue weighted by Gasteiger charge is -2.11. The van der Waals surface area contributed by atoms with Crippen LogP contribution in [0.1, 0.15) is 15.9 Å². The van der Waals surface area contributed by atoms with Crippen LogP contribution in [0.4, 0.5) is 16.3 Å². The fraction of sp³-hybridized carbons (Fsp3) is 0.241. The first-order valence-corrected chi connectivity index (χ1v) is 12.9. The Morgan fingerprint density at radius 1 is 0.700 bits per heavy atom. The summed E-state index contributed by atoms with van der Waals surface area (Å²) in [5, 5.41) is 8.92. The minimum Gasteiger partial charge on any atom is -0.424 e. The van der Waals surface area contributed by atoms with Gasteiger partial charge in [0.05, 0.1) is 26.4 Å². The van der Waals surface area contributed by atoms with Gasteiger partial charge in [0.2, 0.25) is 11.9 Å². The van der Waals surface area contributed by atoms with Gasteiger partial charge in [-0.3, -0.25) is 4.79 Å². The molecule has 0 saturated carbocycles. The lowest BCUT2D eigenvalue weighted by atomic mass is 10.2. The van der Waals surface area contributed by atoms with Gasteiger partial charge in [0.25, 0.3) is 5.91 Å². The minimum absolute atomic E-state index is 0.0911. The maximum atomic E-state index is 14.0. The van der Waals surface area contributed by atoms with E-state index in [1.807, 2.05) is 36.4 Å². The first kappa shape index (κ1) is 28.4. The molecule has 0 aliphatic heterocycles. The zero-order chi connectivity index (χ0) is 27.8. The van der Waals surface area contributed by atoms with E-state index in [0.29, 0.717) is 56.4 Å². The molecule has 0 saturated heterocycles. The Kier molecular flexibility index (Phi) is 11.2. The van der Waals surface area contributed by atoms with Crippen molar-refractivity contribution in [3.8, 4) is 11.8 Å². The van der Waals surface area contributed by atoms with Crippen molar-refractivity contribution in [2.75, 3.05) is 50.2 Å². The number of nitrogens with one attached hydrogen (secondary N) is 3. The molecule has 0 aliphatic carbocycles. The van der Waals surface area contributed by atoms with E-state index in [-0.39, 0.29) is 36.2 Å². The molecule has 0 spiro atoms. The topological polar surface area (TPSA) is 120 Å². The second kappa shape index (κ2) is 15.7. The zero-order valence-corrected chi connectivity index (χ0v) is 21.9. The number of hydrogen-bond donors (Lipinski definition) is 3. The van der Waals surface area contributed by atoms with Crippen LogP contribution in [0, 0.1) is 5.82 Å². The lowest BCUT2D eigenvalue weighted by molar-refractivity contribution is 0.0519. The highest BCUT2D eigenvalue weighted by atomic mass is 19.1. The number of anilines is 2. The third-order valence-electron chi connectivity index (χ3n) is 5.43. The van der Waals surface area contributed by atoms with E-state index in [1.54, 1.807) is 42.5 Å². The highest BCUT2D eigenvalue weighted by molar-refractivity contribution is 5.94. The summed E-state index contributed by atoms with van der Waals surface area (Å²) < 4.78 is 30.9. The molecular formula is C29H31FN6O4. The average Bonchev–Trinajstić information content (AvgIpc) is 2.98. The van der Waals surface area contributed by atoms with E-state index < -0.39 is 0 Å². The van der Waals surface area contributed by atoms with E-state index in [4.69, 9.17) is 14.2 Å². The van der Waals surface area contributed by atoms with Crippen molar-refractivity contribution in [1.82, 2.24) is 20.3 Å². The summed E-state index contributed by atoms with van der Waals surface area (Å²) in [5.74, 6) is 0.642. The molecule has 0 atom stereocenters. The number of ether oxygens (including phenoxy) is 3. The second-order valence-corrected chi connectivity index (χ2v) is 8.40. The van der Waals surface area contributed by atoms with Crippen LogP contribution in [0.25, 0.3) is 0 Å². The van der Waals surface area contributed by atoms with Crippen LogP contribution in [0.3, 0.4) is 0 Å². The Labute approximate surface area is 231 Å². The SMILES string of the molecule is O=C(NCCOCCOCCNc1nc(NCc2ccccc2F)nc(Oc2ccccc2)n1)c1ccccc1. The van der Waals surface area contributed by atoms with E-state index in [0.717, 1.165) is 0 Å². The van der Waals surface area contributed by atoms with E-state index in [1.165, 1.54) is 6.07 Å². The predicted octanol–water partition coefficient (Wildman–Crippen LogP) is 4.29. The third kappa shape index (κ3) is 9.61. The number of rotatable bonds is 16. The molecule has 40 heavy (non-hydrogen) atoms. The summed E-state index contributed by atoms with van der Waals surface area (Å²) in [7, 11) is 0. The number of para-hydroxylation sites is 1. The van der Waals surface area contributed by atoms with Gasteiger partial charge >= 0.3 is 6.01 Å². The summed E-state index contributed by atoms with van der Waals surface area (Å²) in [6.45, 7) is 2.59.